The van der Waals surface area contributed by atoms with E-state index in [1.807, 2.05) is 6.07 Å². The Kier molecular flexibility index (Phi) is 7.86. The molecule has 1 aromatic rings. The number of amides is 2. The van der Waals surface area contributed by atoms with Gasteiger partial charge in [-0.25, -0.2) is 9.59 Å². The van der Waals surface area contributed by atoms with Crippen LogP contribution in [0.3, 0.4) is 0 Å². The normalized spacial score (nSPS) is 17.7. The predicted octanol–water partition coefficient (Wildman–Crippen LogP) is 2.53. The van der Waals surface area contributed by atoms with E-state index < -0.39 is 24.0 Å². The highest BCUT2D eigenvalue weighted by molar-refractivity contribution is 7.81. The van der Waals surface area contributed by atoms with Crippen LogP contribution in [0, 0.1) is 11.3 Å². The second-order valence-corrected chi connectivity index (χ2v) is 6.94. The highest BCUT2D eigenvalue weighted by atomic mass is 32.1. The third-order valence-corrected chi connectivity index (χ3v) is 4.41. The molecule has 1 aliphatic heterocycles. The highest BCUT2D eigenvalue weighted by Gasteiger charge is 2.39. The average molecular weight is 415 g/mol. The number of nitrogens with one attached hydrogen (secondary N) is 1. The fourth-order valence-corrected chi connectivity index (χ4v) is 3.18. The van der Waals surface area contributed by atoms with Gasteiger partial charge in [0, 0.05) is 17.5 Å². The van der Waals surface area contributed by atoms with Crippen molar-refractivity contribution in [3.05, 3.63) is 54.6 Å². The fraction of sp³-hybridized carbons (Fsp3) is 0.300. The first-order valence-corrected chi connectivity index (χ1v) is 9.27. The van der Waals surface area contributed by atoms with Gasteiger partial charge in [-0.15, -0.1) is 0 Å². The van der Waals surface area contributed by atoms with Crippen LogP contribution in [0.4, 0.5) is 10.5 Å². The maximum Gasteiger partial charge on any atom is 0.410 e. The summed E-state index contributed by atoms with van der Waals surface area (Å²) < 4.78 is 9.99. The first-order chi connectivity index (χ1) is 13.9. The summed E-state index contributed by atoms with van der Waals surface area (Å²) >= 11 is 4.36. The standard InChI is InChI=1S/C20H21N3O5S/c1-3-5-27-19(25)14-7-13(11-21)8-15(9-14)22-18(24)17-10-16(29)12-23(17)20(26)28-6-4-2/h3-4,7-9,16-17,29H,1-2,5-6,10,12H2,(H,22,24)/t16-,17-/m0/s1. The van der Waals surface area contributed by atoms with E-state index in [1.54, 1.807) is 0 Å². The van der Waals surface area contributed by atoms with Gasteiger partial charge in [-0.05, 0) is 24.6 Å². The number of nitriles is 1. The predicted molar refractivity (Wildman–Crippen MR) is 110 cm³/mol. The maximum absolute atomic E-state index is 12.8. The number of carbonyl (C=O) groups excluding carboxylic acids is 3. The van der Waals surface area contributed by atoms with E-state index in [-0.39, 0.29) is 41.8 Å². The molecule has 0 unspecified atom stereocenters. The Morgan fingerprint density at radius 3 is 2.59 bits per heavy atom. The summed E-state index contributed by atoms with van der Waals surface area (Å²) in [5.74, 6) is -1.12. The van der Waals surface area contributed by atoms with Gasteiger partial charge < -0.3 is 14.8 Å². The largest absolute Gasteiger partial charge is 0.458 e. The van der Waals surface area contributed by atoms with Crippen molar-refractivity contribution in [2.45, 2.75) is 17.7 Å². The smallest absolute Gasteiger partial charge is 0.410 e. The second-order valence-electron chi connectivity index (χ2n) is 6.21. The number of hydrogen-bond donors (Lipinski definition) is 2. The van der Waals surface area contributed by atoms with Gasteiger partial charge >= 0.3 is 12.1 Å². The van der Waals surface area contributed by atoms with Crippen molar-refractivity contribution in [3.8, 4) is 6.07 Å². The van der Waals surface area contributed by atoms with Gasteiger partial charge in [0.1, 0.15) is 19.3 Å². The Morgan fingerprint density at radius 1 is 1.24 bits per heavy atom. The molecule has 29 heavy (non-hydrogen) atoms. The van der Waals surface area contributed by atoms with Gasteiger partial charge in [0.25, 0.3) is 0 Å². The monoisotopic (exact) mass is 415 g/mol. The Hall–Kier alpha value is -3.25. The summed E-state index contributed by atoms with van der Waals surface area (Å²) in [7, 11) is 0. The van der Waals surface area contributed by atoms with E-state index in [4.69, 9.17) is 9.47 Å². The van der Waals surface area contributed by atoms with Crippen molar-refractivity contribution in [1.29, 1.82) is 5.26 Å². The number of esters is 1. The van der Waals surface area contributed by atoms with Gasteiger partial charge in [-0.3, -0.25) is 9.69 Å². The lowest BCUT2D eigenvalue weighted by molar-refractivity contribution is -0.120. The summed E-state index contributed by atoms with van der Waals surface area (Å²) in [5, 5.41) is 11.7. The zero-order chi connectivity index (χ0) is 21.4. The Labute approximate surface area is 174 Å². The molecule has 0 radical (unpaired) electrons. The van der Waals surface area contributed by atoms with Gasteiger partial charge in [0.15, 0.2) is 0 Å². The van der Waals surface area contributed by atoms with Crippen LogP contribution in [0.2, 0.25) is 0 Å². The summed E-state index contributed by atoms with van der Waals surface area (Å²) in [4.78, 5) is 38.3. The van der Waals surface area contributed by atoms with Crippen molar-refractivity contribution >= 4 is 36.3 Å². The number of benzene rings is 1. The lowest BCUT2D eigenvalue weighted by Gasteiger charge is -2.23. The third-order valence-electron chi connectivity index (χ3n) is 4.04. The minimum absolute atomic E-state index is 0.0183. The molecule has 2 amide bonds. The lowest BCUT2D eigenvalue weighted by atomic mass is 10.1. The van der Waals surface area contributed by atoms with Crippen LogP contribution in [-0.2, 0) is 14.3 Å². The molecule has 1 saturated heterocycles. The quantitative estimate of drug-likeness (QED) is 0.402. The molecule has 152 valence electrons. The van der Waals surface area contributed by atoms with Crippen molar-refractivity contribution in [2.75, 3.05) is 25.1 Å². The van der Waals surface area contributed by atoms with E-state index >= 15 is 0 Å². The highest BCUT2D eigenvalue weighted by Crippen LogP contribution is 2.25. The summed E-state index contributed by atoms with van der Waals surface area (Å²) in [5.41, 5.74) is 0.526. The molecule has 8 nitrogen and oxygen atoms in total. The lowest BCUT2D eigenvalue weighted by Crippen LogP contribution is -2.43. The molecule has 0 saturated carbocycles. The SMILES string of the molecule is C=CCOC(=O)c1cc(C#N)cc(NC(=O)[C@@H]2C[C@H](S)CN2C(=O)OCC=C)c1. The van der Waals surface area contributed by atoms with Crippen molar-refractivity contribution in [1.82, 2.24) is 4.90 Å². The molecule has 2 rings (SSSR count). The molecule has 1 fully saturated rings. The number of hydrogen-bond acceptors (Lipinski definition) is 7. The number of rotatable bonds is 7. The van der Waals surface area contributed by atoms with E-state index in [2.05, 4.69) is 31.1 Å². The van der Waals surface area contributed by atoms with Crippen molar-refractivity contribution in [2.24, 2.45) is 0 Å². The van der Waals surface area contributed by atoms with Crippen molar-refractivity contribution in [3.63, 3.8) is 0 Å². The molecule has 0 bridgehead atoms. The zero-order valence-electron chi connectivity index (χ0n) is 15.7. The molecular formula is C20H21N3O5S. The Morgan fingerprint density at radius 2 is 1.93 bits per heavy atom. The van der Waals surface area contributed by atoms with Crippen LogP contribution in [0.1, 0.15) is 22.3 Å². The second kappa shape index (κ2) is 10.3. The molecule has 1 aliphatic rings. The van der Waals surface area contributed by atoms with Crippen LogP contribution >= 0.6 is 12.6 Å². The summed E-state index contributed by atoms with van der Waals surface area (Å²) in [6, 6.07) is 5.33. The Balaban J connectivity index is 2.19. The minimum Gasteiger partial charge on any atom is -0.458 e. The number of carbonyl (C=O) groups is 3. The van der Waals surface area contributed by atoms with E-state index in [0.29, 0.717) is 6.42 Å². The van der Waals surface area contributed by atoms with Gasteiger partial charge in [0.05, 0.1) is 17.2 Å². The molecule has 0 spiro atoms. The number of thiol groups is 1. The maximum atomic E-state index is 12.8. The van der Waals surface area contributed by atoms with E-state index in [1.165, 1.54) is 35.3 Å². The Bertz CT molecular complexity index is 864. The number of nitrogens with zero attached hydrogens (tertiary/aromatic N) is 2. The van der Waals surface area contributed by atoms with Gasteiger partial charge in [-0.1, -0.05) is 25.3 Å². The first-order valence-electron chi connectivity index (χ1n) is 8.76. The number of likely N-dealkylation sites (tertiary alicyclic amines) is 1. The van der Waals surface area contributed by atoms with E-state index in [9.17, 15) is 19.6 Å². The average Bonchev–Trinajstić information content (AvgIpc) is 3.11. The van der Waals surface area contributed by atoms with Crippen LogP contribution < -0.4 is 5.32 Å². The van der Waals surface area contributed by atoms with Crippen LogP contribution in [0.5, 0.6) is 0 Å². The molecule has 0 aliphatic carbocycles. The third kappa shape index (κ3) is 5.86. The topological polar surface area (TPSA) is 109 Å². The van der Waals surface area contributed by atoms with Crippen LogP contribution in [-0.4, -0.2) is 53.9 Å². The first kappa shape index (κ1) is 22.0. The molecule has 1 N–H and O–H groups in total. The summed E-state index contributed by atoms with van der Waals surface area (Å²) in [6.45, 7) is 7.25. The van der Waals surface area contributed by atoms with Crippen LogP contribution in [0.25, 0.3) is 0 Å². The minimum atomic E-state index is -0.795. The molecule has 0 aromatic heterocycles. The van der Waals surface area contributed by atoms with Gasteiger partial charge in [-0.2, -0.15) is 17.9 Å². The van der Waals surface area contributed by atoms with E-state index in [0.717, 1.165) is 0 Å². The molecule has 2 atom stereocenters. The summed E-state index contributed by atoms with van der Waals surface area (Å²) in [6.07, 6.45) is 2.55. The molecule has 1 heterocycles. The zero-order valence-corrected chi connectivity index (χ0v) is 16.6. The van der Waals surface area contributed by atoms with Crippen molar-refractivity contribution < 1.29 is 23.9 Å². The molecule has 1 aromatic carbocycles. The number of ether oxygens (including phenoxy) is 2. The number of anilines is 1. The fourth-order valence-electron chi connectivity index (χ4n) is 2.80. The molecule has 9 heteroatoms. The van der Waals surface area contributed by atoms with Crippen LogP contribution in [0.15, 0.2) is 43.5 Å². The molecular weight excluding hydrogens is 394 g/mol. The van der Waals surface area contributed by atoms with Gasteiger partial charge in [0.2, 0.25) is 5.91 Å².